The average Bonchev–Trinajstić information content (AvgIpc) is 2.40. The third-order valence-corrected chi connectivity index (χ3v) is 4.31. The fraction of sp³-hybridized carbons (Fsp3) is 0.154. The van der Waals surface area contributed by atoms with Crippen LogP contribution in [0.2, 0.25) is 0 Å². The number of rotatable bonds is 4. The standard InChI is InChI=1S/C13H12Br2N2O/c1-18-13-12(3-2-6-16-13)17-8-9-4-5-10(14)11(15)7-9/h2-7,17H,8H2,1H3. The van der Waals surface area contributed by atoms with Gasteiger partial charge in [0, 0.05) is 21.7 Å². The van der Waals surface area contributed by atoms with Crippen LogP contribution in [0.4, 0.5) is 5.69 Å². The summed E-state index contributed by atoms with van der Waals surface area (Å²) in [6, 6.07) is 9.97. The van der Waals surface area contributed by atoms with Crippen LogP contribution in [0.3, 0.4) is 0 Å². The largest absolute Gasteiger partial charge is 0.480 e. The summed E-state index contributed by atoms with van der Waals surface area (Å²) in [5.41, 5.74) is 2.06. The van der Waals surface area contributed by atoms with Gasteiger partial charge < -0.3 is 10.1 Å². The van der Waals surface area contributed by atoms with E-state index >= 15 is 0 Å². The van der Waals surface area contributed by atoms with E-state index in [-0.39, 0.29) is 0 Å². The van der Waals surface area contributed by atoms with Crippen molar-refractivity contribution >= 4 is 37.5 Å². The van der Waals surface area contributed by atoms with E-state index in [9.17, 15) is 0 Å². The third-order valence-electron chi connectivity index (χ3n) is 2.43. The van der Waals surface area contributed by atoms with Gasteiger partial charge in [-0.25, -0.2) is 4.98 Å². The Labute approximate surface area is 123 Å². The van der Waals surface area contributed by atoms with Crippen LogP contribution in [0.5, 0.6) is 5.88 Å². The first-order chi connectivity index (χ1) is 8.70. The average molecular weight is 372 g/mol. The van der Waals surface area contributed by atoms with Gasteiger partial charge in [-0.3, -0.25) is 0 Å². The molecule has 0 bridgehead atoms. The summed E-state index contributed by atoms with van der Waals surface area (Å²) in [7, 11) is 1.61. The molecule has 0 unspecified atom stereocenters. The lowest BCUT2D eigenvalue weighted by Gasteiger charge is -2.10. The zero-order chi connectivity index (χ0) is 13.0. The van der Waals surface area contributed by atoms with Crippen molar-refractivity contribution in [1.82, 2.24) is 4.98 Å². The van der Waals surface area contributed by atoms with Crippen molar-refractivity contribution in [3.63, 3.8) is 0 Å². The van der Waals surface area contributed by atoms with Crippen molar-refractivity contribution in [2.24, 2.45) is 0 Å². The molecule has 2 rings (SSSR count). The number of halogens is 2. The summed E-state index contributed by atoms with van der Waals surface area (Å²) in [5, 5.41) is 3.30. The smallest absolute Gasteiger partial charge is 0.237 e. The maximum atomic E-state index is 5.19. The maximum Gasteiger partial charge on any atom is 0.237 e. The molecular weight excluding hydrogens is 360 g/mol. The van der Waals surface area contributed by atoms with E-state index in [1.165, 1.54) is 5.56 Å². The number of methoxy groups -OCH3 is 1. The molecule has 0 radical (unpaired) electrons. The van der Waals surface area contributed by atoms with Gasteiger partial charge in [0.1, 0.15) is 0 Å². The number of aromatic nitrogens is 1. The number of nitrogens with one attached hydrogen (secondary N) is 1. The molecule has 94 valence electrons. The molecule has 1 aromatic carbocycles. The molecular formula is C13H12Br2N2O. The second-order valence-electron chi connectivity index (χ2n) is 3.66. The fourth-order valence-corrected chi connectivity index (χ4v) is 2.21. The molecule has 1 N–H and O–H groups in total. The Hall–Kier alpha value is -1.07. The summed E-state index contributed by atoms with van der Waals surface area (Å²) in [4.78, 5) is 4.14. The number of hydrogen-bond acceptors (Lipinski definition) is 3. The predicted molar refractivity (Wildman–Crippen MR) is 80.0 cm³/mol. The number of anilines is 1. The summed E-state index contributed by atoms with van der Waals surface area (Å²) < 4.78 is 7.27. The lowest BCUT2D eigenvalue weighted by atomic mass is 10.2. The number of hydrogen-bond donors (Lipinski definition) is 1. The molecule has 0 amide bonds. The van der Waals surface area contributed by atoms with Crippen LogP contribution in [0.15, 0.2) is 45.5 Å². The first-order valence-electron chi connectivity index (χ1n) is 5.37. The molecule has 1 aromatic heterocycles. The van der Waals surface area contributed by atoms with Gasteiger partial charge in [0.05, 0.1) is 12.8 Å². The monoisotopic (exact) mass is 370 g/mol. The first-order valence-corrected chi connectivity index (χ1v) is 6.96. The minimum Gasteiger partial charge on any atom is -0.480 e. The molecule has 0 saturated carbocycles. The van der Waals surface area contributed by atoms with E-state index in [2.05, 4.69) is 54.3 Å². The van der Waals surface area contributed by atoms with E-state index in [0.717, 1.165) is 14.6 Å². The number of benzene rings is 1. The Morgan fingerprint density at radius 3 is 2.78 bits per heavy atom. The number of nitrogens with zero attached hydrogens (tertiary/aromatic N) is 1. The van der Waals surface area contributed by atoms with E-state index in [0.29, 0.717) is 12.4 Å². The molecule has 0 saturated heterocycles. The minimum atomic E-state index is 0.605. The lowest BCUT2D eigenvalue weighted by molar-refractivity contribution is 0.399. The van der Waals surface area contributed by atoms with E-state index in [1.54, 1.807) is 13.3 Å². The molecule has 3 nitrogen and oxygen atoms in total. The molecule has 0 aliphatic carbocycles. The zero-order valence-corrected chi connectivity index (χ0v) is 13.0. The van der Waals surface area contributed by atoms with Gasteiger partial charge >= 0.3 is 0 Å². The van der Waals surface area contributed by atoms with Crippen molar-refractivity contribution in [3.05, 3.63) is 51.0 Å². The van der Waals surface area contributed by atoms with E-state index in [4.69, 9.17) is 4.74 Å². The Kier molecular flexibility index (Phi) is 4.60. The third kappa shape index (κ3) is 3.23. The Balaban J connectivity index is 2.09. The normalized spacial score (nSPS) is 10.2. The Morgan fingerprint density at radius 1 is 1.22 bits per heavy atom. The SMILES string of the molecule is COc1ncccc1NCc1ccc(Br)c(Br)c1. The van der Waals surface area contributed by atoms with Crippen molar-refractivity contribution in [1.29, 1.82) is 0 Å². The van der Waals surface area contributed by atoms with Crippen LogP contribution in [0.25, 0.3) is 0 Å². The second kappa shape index (κ2) is 6.20. The van der Waals surface area contributed by atoms with E-state index in [1.807, 2.05) is 18.2 Å². The van der Waals surface area contributed by atoms with Crippen LogP contribution in [-0.4, -0.2) is 12.1 Å². The fourth-order valence-electron chi connectivity index (χ4n) is 1.53. The summed E-state index contributed by atoms with van der Waals surface area (Å²) in [5.74, 6) is 0.605. The quantitative estimate of drug-likeness (QED) is 0.873. The van der Waals surface area contributed by atoms with Gasteiger partial charge in [-0.2, -0.15) is 0 Å². The second-order valence-corrected chi connectivity index (χ2v) is 5.37. The molecule has 1 heterocycles. The molecule has 0 aliphatic heterocycles. The van der Waals surface area contributed by atoms with Gasteiger partial charge in [0.25, 0.3) is 0 Å². The van der Waals surface area contributed by atoms with Gasteiger partial charge in [0.2, 0.25) is 5.88 Å². The van der Waals surface area contributed by atoms with Crippen LogP contribution in [-0.2, 0) is 6.54 Å². The highest BCUT2D eigenvalue weighted by Crippen LogP contribution is 2.25. The minimum absolute atomic E-state index is 0.605. The highest BCUT2D eigenvalue weighted by molar-refractivity contribution is 9.13. The van der Waals surface area contributed by atoms with Crippen LogP contribution < -0.4 is 10.1 Å². The molecule has 18 heavy (non-hydrogen) atoms. The van der Waals surface area contributed by atoms with Gasteiger partial charge in [-0.15, -0.1) is 0 Å². The number of pyridine rings is 1. The van der Waals surface area contributed by atoms with Crippen LogP contribution in [0.1, 0.15) is 5.56 Å². The lowest BCUT2D eigenvalue weighted by Crippen LogP contribution is -2.02. The maximum absolute atomic E-state index is 5.19. The van der Waals surface area contributed by atoms with Crippen molar-refractivity contribution in [3.8, 4) is 5.88 Å². The molecule has 0 atom stereocenters. The molecule has 0 aliphatic rings. The van der Waals surface area contributed by atoms with Gasteiger partial charge in [0.15, 0.2) is 0 Å². The van der Waals surface area contributed by atoms with Crippen LogP contribution >= 0.6 is 31.9 Å². The van der Waals surface area contributed by atoms with Crippen molar-refractivity contribution < 1.29 is 4.74 Å². The van der Waals surface area contributed by atoms with E-state index < -0.39 is 0 Å². The summed E-state index contributed by atoms with van der Waals surface area (Å²) in [6.07, 6.45) is 1.71. The Morgan fingerprint density at radius 2 is 2.06 bits per heavy atom. The van der Waals surface area contributed by atoms with Gasteiger partial charge in [-0.1, -0.05) is 6.07 Å². The van der Waals surface area contributed by atoms with Gasteiger partial charge in [-0.05, 0) is 61.7 Å². The predicted octanol–water partition coefficient (Wildman–Crippen LogP) is 4.23. The Bertz CT molecular complexity index is 546. The highest BCUT2D eigenvalue weighted by Gasteiger charge is 2.03. The number of ether oxygens (including phenoxy) is 1. The zero-order valence-electron chi connectivity index (χ0n) is 9.78. The molecule has 0 spiro atoms. The van der Waals surface area contributed by atoms with Crippen molar-refractivity contribution in [2.75, 3.05) is 12.4 Å². The molecule has 2 aromatic rings. The highest BCUT2D eigenvalue weighted by atomic mass is 79.9. The van der Waals surface area contributed by atoms with Crippen molar-refractivity contribution in [2.45, 2.75) is 6.54 Å². The topological polar surface area (TPSA) is 34.1 Å². The first kappa shape index (κ1) is 13.4. The molecule has 5 heteroatoms. The summed E-state index contributed by atoms with van der Waals surface area (Å²) in [6.45, 7) is 0.716. The van der Waals surface area contributed by atoms with Crippen LogP contribution in [0, 0.1) is 0 Å². The summed E-state index contributed by atoms with van der Waals surface area (Å²) >= 11 is 6.94. The molecule has 0 fully saturated rings.